The SMILES string of the molecule is CCc1cc(C(Cc2cccc(Br)c2)C(=O)O)ncn1. The van der Waals surface area contributed by atoms with Gasteiger partial charge in [0.05, 0.1) is 5.69 Å². The van der Waals surface area contributed by atoms with Crippen LogP contribution in [-0.2, 0) is 17.6 Å². The lowest BCUT2D eigenvalue weighted by Gasteiger charge is -2.12. The van der Waals surface area contributed by atoms with Crippen LogP contribution in [0.2, 0.25) is 0 Å². The quantitative estimate of drug-likeness (QED) is 0.911. The van der Waals surface area contributed by atoms with Gasteiger partial charge < -0.3 is 5.11 Å². The Morgan fingerprint density at radius 2 is 2.15 bits per heavy atom. The number of aliphatic carboxylic acids is 1. The van der Waals surface area contributed by atoms with Crippen molar-refractivity contribution in [2.45, 2.75) is 25.7 Å². The van der Waals surface area contributed by atoms with E-state index in [4.69, 9.17) is 0 Å². The van der Waals surface area contributed by atoms with Crippen molar-refractivity contribution < 1.29 is 9.90 Å². The van der Waals surface area contributed by atoms with Crippen LogP contribution in [-0.4, -0.2) is 21.0 Å². The summed E-state index contributed by atoms with van der Waals surface area (Å²) in [6, 6.07) is 9.44. The highest BCUT2D eigenvalue weighted by atomic mass is 79.9. The Morgan fingerprint density at radius 3 is 2.80 bits per heavy atom. The molecule has 20 heavy (non-hydrogen) atoms. The molecule has 1 aromatic heterocycles. The van der Waals surface area contributed by atoms with E-state index < -0.39 is 11.9 Å². The molecule has 0 aliphatic carbocycles. The predicted octanol–water partition coefficient (Wildman–Crippen LogP) is 3.21. The summed E-state index contributed by atoms with van der Waals surface area (Å²) in [6.07, 6.45) is 2.61. The smallest absolute Gasteiger partial charge is 0.312 e. The molecule has 1 heterocycles. The van der Waals surface area contributed by atoms with Gasteiger partial charge in [0.2, 0.25) is 0 Å². The summed E-state index contributed by atoms with van der Waals surface area (Å²) in [5.74, 6) is -1.52. The van der Waals surface area contributed by atoms with Crippen LogP contribution >= 0.6 is 15.9 Å². The molecule has 1 atom stereocenters. The van der Waals surface area contributed by atoms with Gasteiger partial charge in [-0.25, -0.2) is 9.97 Å². The number of rotatable bonds is 5. The first-order valence-corrected chi connectivity index (χ1v) is 7.17. The molecule has 0 aliphatic rings. The van der Waals surface area contributed by atoms with E-state index in [1.807, 2.05) is 31.2 Å². The molecule has 0 saturated carbocycles. The van der Waals surface area contributed by atoms with Crippen LogP contribution in [0.4, 0.5) is 0 Å². The van der Waals surface area contributed by atoms with E-state index >= 15 is 0 Å². The molecule has 1 aromatic carbocycles. The van der Waals surface area contributed by atoms with Crippen LogP contribution in [0.25, 0.3) is 0 Å². The average molecular weight is 335 g/mol. The van der Waals surface area contributed by atoms with E-state index in [1.54, 1.807) is 6.07 Å². The lowest BCUT2D eigenvalue weighted by molar-refractivity contribution is -0.138. The van der Waals surface area contributed by atoms with Crippen molar-refractivity contribution in [2.24, 2.45) is 0 Å². The molecule has 0 amide bonds. The second-order valence-corrected chi connectivity index (χ2v) is 5.43. The third-order valence-electron chi connectivity index (χ3n) is 3.09. The highest BCUT2D eigenvalue weighted by Gasteiger charge is 2.22. The third kappa shape index (κ3) is 3.63. The molecule has 0 radical (unpaired) electrons. The van der Waals surface area contributed by atoms with Crippen molar-refractivity contribution in [3.63, 3.8) is 0 Å². The molecule has 0 fully saturated rings. The molecule has 0 saturated heterocycles. The minimum Gasteiger partial charge on any atom is -0.481 e. The van der Waals surface area contributed by atoms with Gasteiger partial charge in [0.15, 0.2) is 0 Å². The highest BCUT2D eigenvalue weighted by Crippen LogP contribution is 2.22. The number of halogens is 1. The van der Waals surface area contributed by atoms with E-state index in [9.17, 15) is 9.90 Å². The van der Waals surface area contributed by atoms with Crippen molar-refractivity contribution in [3.05, 3.63) is 58.1 Å². The van der Waals surface area contributed by atoms with E-state index in [0.29, 0.717) is 12.1 Å². The molecule has 5 heteroatoms. The van der Waals surface area contributed by atoms with E-state index in [1.165, 1.54) is 6.33 Å². The summed E-state index contributed by atoms with van der Waals surface area (Å²) in [5.41, 5.74) is 2.38. The largest absolute Gasteiger partial charge is 0.481 e. The minimum atomic E-state index is -0.870. The fourth-order valence-electron chi connectivity index (χ4n) is 2.02. The van der Waals surface area contributed by atoms with Crippen molar-refractivity contribution in [3.8, 4) is 0 Å². The maximum absolute atomic E-state index is 11.5. The zero-order valence-electron chi connectivity index (χ0n) is 11.1. The monoisotopic (exact) mass is 334 g/mol. The second kappa shape index (κ2) is 6.61. The molecule has 0 bridgehead atoms. The molecular weight excluding hydrogens is 320 g/mol. The predicted molar refractivity (Wildman–Crippen MR) is 79.6 cm³/mol. The van der Waals surface area contributed by atoms with Crippen LogP contribution in [0.1, 0.15) is 29.8 Å². The van der Waals surface area contributed by atoms with Crippen LogP contribution in [0, 0.1) is 0 Å². The number of nitrogens with zero attached hydrogens (tertiary/aromatic N) is 2. The summed E-state index contributed by atoms with van der Waals surface area (Å²) in [6.45, 7) is 1.98. The van der Waals surface area contributed by atoms with Gasteiger partial charge in [0.25, 0.3) is 0 Å². The number of aromatic nitrogens is 2. The molecule has 1 unspecified atom stereocenters. The first kappa shape index (κ1) is 14.7. The molecule has 4 nitrogen and oxygen atoms in total. The topological polar surface area (TPSA) is 63.1 Å². The van der Waals surface area contributed by atoms with Crippen LogP contribution < -0.4 is 0 Å². The molecule has 0 spiro atoms. The lowest BCUT2D eigenvalue weighted by atomic mass is 9.95. The van der Waals surface area contributed by atoms with Crippen LogP contribution in [0.5, 0.6) is 0 Å². The van der Waals surface area contributed by atoms with Gasteiger partial charge in [0.1, 0.15) is 12.2 Å². The first-order chi connectivity index (χ1) is 9.60. The van der Waals surface area contributed by atoms with Gasteiger partial charge in [0, 0.05) is 10.2 Å². The number of hydrogen-bond donors (Lipinski definition) is 1. The Morgan fingerprint density at radius 1 is 1.35 bits per heavy atom. The Balaban J connectivity index is 2.29. The summed E-state index contributed by atoms with van der Waals surface area (Å²) in [7, 11) is 0. The standard InChI is InChI=1S/C15H15BrN2O2/c1-2-12-8-14(18-9-17-12)13(15(19)20)7-10-4-3-5-11(16)6-10/h3-6,8-9,13H,2,7H2,1H3,(H,19,20). The second-order valence-electron chi connectivity index (χ2n) is 4.51. The third-order valence-corrected chi connectivity index (χ3v) is 3.58. The number of carboxylic acid groups (broad SMARTS) is 1. The molecule has 104 valence electrons. The van der Waals surface area contributed by atoms with Crippen molar-refractivity contribution in [2.75, 3.05) is 0 Å². The van der Waals surface area contributed by atoms with Gasteiger partial charge in [-0.05, 0) is 36.6 Å². The normalized spacial score (nSPS) is 12.1. The maximum atomic E-state index is 11.5. The average Bonchev–Trinajstić information content (AvgIpc) is 2.44. The molecule has 1 N–H and O–H groups in total. The van der Waals surface area contributed by atoms with E-state index in [0.717, 1.165) is 22.2 Å². The van der Waals surface area contributed by atoms with Crippen LogP contribution in [0.15, 0.2) is 41.1 Å². The van der Waals surface area contributed by atoms with Crippen LogP contribution in [0.3, 0.4) is 0 Å². The summed E-state index contributed by atoms with van der Waals surface area (Å²) < 4.78 is 0.941. The Hall–Kier alpha value is -1.75. The van der Waals surface area contributed by atoms with Crippen molar-refractivity contribution in [1.29, 1.82) is 0 Å². The first-order valence-electron chi connectivity index (χ1n) is 6.38. The fraction of sp³-hybridized carbons (Fsp3) is 0.267. The summed E-state index contributed by atoms with van der Waals surface area (Å²) in [4.78, 5) is 19.7. The number of benzene rings is 1. The molecule has 2 rings (SSSR count). The van der Waals surface area contributed by atoms with Gasteiger partial charge in [-0.3, -0.25) is 4.79 Å². The lowest BCUT2D eigenvalue weighted by Crippen LogP contribution is -2.16. The van der Waals surface area contributed by atoms with Gasteiger partial charge >= 0.3 is 5.97 Å². The molecule has 0 aliphatic heterocycles. The molecule has 2 aromatic rings. The zero-order chi connectivity index (χ0) is 14.5. The van der Waals surface area contributed by atoms with E-state index in [2.05, 4.69) is 25.9 Å². The Bertz CT molecular complexity index is 616. The number of carbonyl (C=O) groups is 1. The number of carboxylic acids is 1. The highest BCUT2D eigenvalue weighted by molar-refractivity contribution is 9.10. The molecular formula is C15H15BrN2O2. The van der Waals surface area contributed by atoms with E-state index in [-0.39, 0.29) is 0 Å². The summed E-state index contributed by atoms with van der Waals surface area (Å²) >= 11 is 3.40. The number of aryl methyl sites for hydroxylation is 1. The zero-order valence-corrected chi connectivity index (χ0v) is 12.7. The number of hydrogen-bond acceptors (Lipinski definition) is 3. The van der Waals surface area contributed by atoms with Crippen molar-refractivity contribution in [1.82, 2.24) is 9.97 Å². The minimum absolute atomic E-state index is 0.412. The Labute approximate surface area is 126 Å². The van der Waals surface area contributed by atoms with Gasteiger partial charge in [-0.2, -0.15) is 0 Å². The maximum Gasteiger partial charge on any atom is 0.312 e. The Kier molecular flexibility index (Phi) is 4.84. The fourth-order valence-corrected chi connectivity index (χ4v) is 2.46. The summed E-state index contributed by atoms with van der Waals surface area (Å²) in [5, 5.41) is 9.45. The van der Waals surface area contributed by atoms with Gasteiger partial charge in [-0.1, -0.05) is 35.0 Å². The van der Waals surface area contributed by atoms with Gasteiger partial charge in [-0.15, -0.1) is 0 Å². The van der Waals surface area contributed by atoms with Crippen molar-refractivity contribution >= 4 is 21.9 Å².